The molecule has 1 heterocycles. The topological polar surface area (TPSA) is 92.8 Å². The molecule has 7 atom stereocenters. The van der Waals surface area contributed by atoms with E-state index in [1.807, 2.05) is 13.0 Å². The van der Waals surface area contributed by atoms with Crippen LogP contribution in [0.1, 0.15) is 18.9 Å². The van der Waals surface area contributed by atoms with Gasteiger partial charge >= 0.3 is 5.97 Å². The Bertz CT molecular complexity index is 938. The number of ether oxygens (including phenoxy) is 1. The summed E-state index contributed by atoms with van der Waals surface area (Å²) < 4.78 is 6.03. The number of carbonyl (C=O) groups is 4. The quantitative estimate of drug-likeness (QED) is 0.310. The van der Waals surface area contributed by atoms with Crippen LogP contribution in [0.15, 0.2) is 22.7 Å². The van der Waals surface area contributed by atoms with Crippen LogP contribution in [0, 0.1) is 30.6 Å². The third kappa shape index (κ3) is 3.88. The van der Waals surface area contributed by atoms with E-state index >= 15 is 0 Å². The molecule has 2 bridgehead atoms. The number of likely N-dealkylation sites (tertiary alicyclic amines) is 1. The van der Waals surface area contributed by atoms with Crippen molar-refractivity contribution in [1.82, 2.24) is 4.90 Å². The van der Waals surface area contributed by atoms with Gasteiger partial charge in [0.2, 0.25) is 11.8 Å². The molecule has 7 nitrogen and oxygen atoms in total. The highest BCUT2D eigenvalue weighted by Crippen LogP contribution is 2.60. The number of benzene rings is 1. The lowest BCUT2D eigenvalue weighted by molar-refractivity contribution is -0.159. The number of rotatable bonds is 5. The summed E-state index contributed by atoms with van der Waals surface area (Å²) in [6, 6.07) is 4.25. The van der Waals surface area contributed by atoms with Crippen molar-refractivity contribution in [2.75, 3.05) is 11.9 Å². The molecule has 1 aliphatic heterocycles. The number of alkyl halides is 2. The van der Waals surface area contributed by atoms with Gasteiger partial charge in [0.05, 0.1) is 11.8 Å². The molecule has 0 radical (unpaired) electrons. The fourth-order valence-corrected chi connectivity index (χ4v) is 7.16. The maximum atomic E-state index is 13.0. The van der Waals surface area contributed by atoms with Crippen LogP contribution in [0.25, 0.3) is 0 Å². The van der Waals surface area contributed by atoms with E-state index in [4.69, 9.17) is 4.74 Å². The molecule has 2 saturated carbocycles. The molecule has 0 spiro atoms. The largest absolute Gasteiger partial charge is 0.454 e. The number of hydrogen-bond acceptors (Lipinski definition) is 5. The average Bonchev–Trinajstić information content (AvgIpc) is 3.33. The SMILES string of the molecule is Cc1cc(NC(=O)COC(=O)[C@H](C)N2C(=O)[C@@H]3[C@H]4C[C@@H]([C@H](Br)[C@@H]4Br)[C@@H]3C2=O)ccc1Br. The lowest BCUT2D eigenvalue weighted by Gasteiger charge is -2.28. The highest BCUT2D eigenvalue weighted by Gasteiger charge is 2.67. The first-order valence-corrected chi connectivity index (χ1v) is 12.6. The Morgan fingerprint density at radius 2 is 1.74 bits per heavy atom. The minimum Gasteiger partial charge on any atom is -0.454 e. The van der Waals surface area contributed by atoms with Gasteiger partial charge in [-0.3, -0.25) is 19.3 Å². The Balaban J connectivity index is 1.36. The Kier molecular flexibility index (Phi) is 6.35. The molecule has 1 aromatic carbocycles. The predicted molar refractivity (Wildman–Crippen MR) is 124 cm³/mol. The van der Waals surface area contributed by atoms with Crippen LogP contribution in [-0.4, -0.2) is 50.9 Å². The third-order valence-corrected chi connectivity index (χ3v) is 10.6. The molecular weight excluding hydrogens is 600 g/mol. The number of esters is 1. The van der Waals surface area contributed by atoms with Crippen LogP contribution in [0.5, 0.6) is 0 Å². The summed E-state index contributed by atoms with van der Waals surface area (Å²) >= 11 is 10.7. The van der Waals surface area contributed by atoms with E-state index in [9.17, 15) is 19.2 Å². The van der Waals surface area contributed by atoms with Gasteiger partial charge in [-0.1, -0.05) is 47.8 Å². The van der Waals surface area contributed by atoms with Crippen molar-refractivity contribution in [2.45, 2.75) is 36.0 Å². The second kappa shape index (κ2) is 8.59. The van der Waals surface area contributed by atoms with Crippen molar-refractivity contribution >= 4 is 77.2 Å². The Hall–Kier alpha value is -1.26. The molecule has 3 aliphatic rings. The van der Waals surface area contributed by atoms with Crippen molar-refractivity contribution < 1.29 is 23.9 Å². The summed E-state index contributed by atoms with van der Waals surface area (Å²) in [7, 11) is 0. The zero-order chi connectivity index (χ0) is 22.6. The first kappa shape index (κ1) is 22.9. The van der Waals surface area contributed by atoms with Crippen molar-refractivity contribution in [3.05, 3.63) is 28.2 Å². The number of fused-ring (bicyclic) bond motifs is 5. The van der Waals surface area contributed by atoms with E-state index in [0.717, 1.165) is 21.4 Å². The molecule has 4 rings (SSSR count). The smallest absolute Gasteiger partial charge is 0.329 e. The summed E-state index contributed by atoms with van der Waals surface area (Å²) in [5, 5.41) is 2.66. The van der Waals surface area contributed by atoms with Gasteiger partial charge in [-0.2, -0.15) is 0 Å². The molecule has 166 valence electrons. The fraction of sp³-hybridized carbons (Fsp3) is 0.524. The fourth-order valence-electron chi connectivity index (χ4n) is 5.04. The number of halogens is 3. The number of nitrogens with zero attached hydrogens (tertiary/aromatic N) is 1. The van der Waals surface area contributed by atoms with Crippen LogP contribution in [0.4, 0.5) is 5.69 Å². The van der Waals surface area contributed by atoms with E-state index in [0.29, 0.717) is 5.69 Å². The van der Waals surface area contributed by atoms with Gasteiger partial charge in [-0.15, -0.1) is 0 Å². The van der Waals surface area contributed by atoms with E-state index in [2.05, 4.69) is 53.1 Å². The van der Waals surface area contributed by atoms with Gasteiger partial charge in [0.15, 0.2) is 6.61 Å². The number of amides is 3. The Morgan fingerprint density at radius 3 is 2.29 bits per heavy atom. The van der Waals surface area contributed by atoms with Gasteiger partial charge in [0.25, 0.3) is 5.91 Å². The highest BCUT2D eigenvalue weighted by atomic mass is 79.9. The lowest BCUT2D eigenvalue weighted by Crippen LogP contribution is -2.45. The molecule has 1 saturated heterocycles. The number of nitrogens with one attached hydrogen (secondary N) is 1. The summed E-state index contributed by atoms with van der Waals surface area (Å²) in [6.07, 6.45) is 0.820. The van der Waals surface area contributed by atoms with Crippen molar-refractivity contribution in [3.63, 3.8) is 0 Å². The second-order valence-electron chi connectivity index (χ2n) is 8.35. The van der Waals surface area contributed by atoms with Crippen LogP contribution in [0.2, 0.25) is 0 Å². The molecule has 1 N–H and O–H groups in total. The van der Waals surface area contributed by atoms with Crippen molar-refractivity contribution in [3.8, 4) is 0 Å². The summed E-state index contributed by atoms with van der Waals surface area (Å²) in [5.74, 6) is -2.54. The minimum absolute atomic E-state index is 0.0733. The van der Waals surface area contributed by atoms with Gasteiger partial charge in [-0.05, 0) is 55.9 Å². The van der Waals surface area contributed by atoms with E-state index < -0.39 is 36.4 Å². The van der Waals surface area contributed by atoms with Gasteiger partial charge < -0.3 is 10.1 Å². The third-order valence-electron chi connectivity index (χ3n) is 6.54. The molecule has 2 aliphatic carbocycles. The summed E-state index contributed by atoms with van der Waals surface area (Å²) in [5.41, 5.74) is 1.53. The van der Waals surface area contributed by atoms with Crippen LogP contribution < -0.4 is 5.32 Å². The monoisotopic (exact) mass is 618 g/mol. The number of aryl methyl sites for hydroxylation is 1. The number of imide groups is 1. The average molecular weight is 621 g/mol. The first-order chi connectivity index (χ1) is 14.6. The lowest BCUT2D eigenvalue weighted by atomic mass is 9.81. The van der Waals surface area contributed by atoms with E-state index in [1.165, 1.54) is 6.92 Å². The Morgan fingerprint density at radius 1 is 1.16 bits per heavy atom. The summed E-state index contributed by atoms with van der Waals surface area (Å²) in [6.45, 7) is 2.86. The van der Waals surface area contributed by atoms with Gasteiger partial charge in [0, 0.05) is 19.8 Å². The molecule has 0 unspecified atom stereocenters. The molecule has 31 heavy (non-hydrogen) atoms. The van der Waals surface area contributed by atoms with Crippen molar-refractivity contribution in [2.24, 2.45) is 23.7 Å². The van der Waals surface area contributed by atoms with Crippen LogP contribution >= 0.6 is 47.8 Å². The highest BCUT2D eigenvalue weighted by molar-refractivity contribution is 9.12. The summed E-state index contributed by atoms with van der Waals surface area (Å²) in [4.78, 5) is 52.0. The Labute approximate surface area is 205 Å². The molecule has 10 heteroatoms. The molecule has 1 aromatic rings. The minimum atomic E-state index is -1.07. The maximum absolute atomic E-state index is 13.0. The van der Waals surface area contributed by atoms with Gasteiger partial charge in [0.1, 0.15) is 6.04 Å². The predicted octanol–water partition coefficient (Wildman–Crippen LogP) is 3.41. The molecule has 3 fully saturated rings. The molecule has 0 aromatic heterocycles. The molecular formula is C21H21Br3N2O5. The molecule has 3 amide bonds. The zero-order valence-electron chi connectivity index (χ0n) is 16.8. The zero-order valence-corrected chi connectivity index (χ0v) is 21.6. The number of carbonyl (C=O) groups excluding carboxylic acids is 4. The number of hydrogen-bond donors (Lipinski definition) is 1. The second-order valence-corrected chi connectivity index (χ2v) is 11.3. The normalized spacial score (nSPS) is 32.2. The van der Waals surface area contributed by atoms with E-state index in [-0.39, 0.29) is 33.3 Å². The maximum Gasteiger partial charge on any atom is 0.329 e. The van der Waals surface area contributed by atoms with Crippen molar-refractivity contribution in [1.29, 1.82) is 0 Å². The number of anilines is 1. The van der Waals surface area contributed by atoms with Crippen LogP contribution in [-0.2, 0) is 23.9 Å². The van der Waals surface area contributed by atoms with Gasteiger partial charge in [-0.25, -0.2) is 4.79 Å². The first-order valence-electron chi connectivity index (χ1n) is 9.99. The van der Waals surface area contributed by atoms with E-state index in [1.54, 1.807) is 12.1 Å². The standard InChI is InChI=1S/C21H21Br3N2O5/c1-8-5-10(3-4-13(8)22)25-14(27)7-31-21(30)9(2)26-19(28)15-11-6-12(16(15)20(26)29)18(24)17(11)23/h3-5,9,11-12,15-18H,6-7H2,1-2H3,(H,25,27)/t9-,11+,12+,15-,16+,17-,18+/m0/s1. The van der Waals surface area contributed by atoms with Crippen LogP contribution in [0.3, 0.4) is 0 Å².